The van der Waals surface area contributed by atoms with Crippen LogP contribution < -0.4 is 11.3 Å². The standard InChI is InChI=1S/C10H19N3/c1-10(6-2-3-7-10)9(13-11)12-8-4-5-8/h8H,2-7,11H2,1H3,(H,12,13). The van der Waals surface area contributed by atoms with Crippen molar-refractivity contribution < 1.29 is 0 Å². The van der Waals surface area contributed by atoms with E-state index >= 15 is 0 Å². The van der Waals surface area contributed by atoms with E-state index in [9.17, 15) is 0 Å². The van der Waals surface area contributed by atoms with E-state index in [1.54, 1.807) is 0 Å². The van der Waals surface area contributed by atoms with Gasteiger partial charge in [0.05, 0.1) is 6.04 Å². The molecule has 3 heteroatoms. The quantitative estimate of drug-likeness (QED) is 0.294. The van der Waals surface area contributed by atoms with Crippen LogP contribution in [-0.2, 0) is 0 Å². The van der Waals surface area contributed by atoms with E-state index in [-0.39, 0.29) is 5.41 Å². The van der Waals surface area contributed by atoms with Gasteiger partial charge in [-0.2, -0.15) is 0 Å². The van der Waals surface area contributed by atoms with Crippen molar-refractivity contribution in [2.45, 2.75) is 51.5 Å². The maximum Gasteiger partial charge on any atom is 0.117 e. The van der Waals surface area contributed by atoms with Gasteiger partial charge in [0.15, 0.2) is 0 Å². The summed E-state index contributed by atoms with van der Waals surface area (Å²) in [6, 6.07) is 0.573. The lowest BCUT2D eigenvalue weighted by Gasteiger charge is -2.25. The first kappa shape index (κ1) is 9.00. The van der Waals surface area contributed by atoms with Crippen molar-refractivity contribution in [3.05, 3.63) is 0 Å². The summed E-state index contributed by atoms with van der Waals surface area (Å²) >= 11 is 0. The zero-order chi connectivity index (χ0) is 9.31. The van der Waals surface area contributed by atoms with Crippen molar-refractivity contribution in [2.75, 3.05) is 0 Å². The zero-order valence-corrected chi connectivity index (χ0v) is 8.34. The van der Waals surface area contributed by atoms with Crippen molar-refractivity contribution in [3.63, 3.8) is 0 Å². The molecule has 0 bridgehead atoms. The summed E-state index contributed by atoms with van der Waals surface area (Å²) in [4.78, 5) is 4.64. The summed E-state index contributed by atoms with van der Waals surface area (Å²) in [5.41, 5.74) is 3.05. The molecule has 0 saturated heterocycles. The van der Waals surface area contributed by atoms with Gasteiger partial charge < -0.3 is 5.43 Å². The third-order valence-corrected chi connectivity index (χ3v) is 3.27. The normalized spacial score (nSPS) is 27.7. The fraction of sp³-hybridized carbons (Fsp3) is 0.900. The van der Waals surface area contributed by atoms with Crippen molar-refractivity contribution in [3.8, 4) is 0 Å². The highest BCUT2D eigenvalue weighted by Gasteiger charge is 2.35. The Balaban J connectivity index is 2.09. The molecular formula is C10H19N3. The van der Waals surface area contributed by atoms with Crippen LogP contribution >= 0.6 is 0 Å². The van der Waals surface area contributed by atoms with E-state index in [2.05, 4.69) is 17.3 Å². The predicted octanol–water partition coefficient (Wildman–Crippen LogP) is 1.59. The lowest BCUT2D eigenvalue weighted by molar-refractivity contribution is 0.468. The first-order chi connectivity index (χ1) is 6.24. The molecule has 0 atom stereocenters. The molecule has 0 spiro atoms. The van der Waals surface area contributed by atoms with Gasteiger partial charge in [-0.1, -0.05) is 19.8 Å². The van der Waals surface area contributed by atoms with E-state index in [4.69, 9.17) is 5.84 Å². The van der Waals surface area contributed by atoms with Crippen LogP contribution in [0, 0.1) is 5.41 Å². The molecule has 0 aromatic heterocycles. The second-order valence-corrected chi connectivity index (χ2v) is 4.62. The van der Waals surface area contributed by atoms with Crippen molar-refractivity contribution >= 4 is 5.84 Å². The summed E-state index contributed by atoms with van der Waals surface area (Å²) < 4.78 is 0. The van der Waals surface area contributed by atoms with Gasteiger partial charge in [-0.3, -0.25) is 4.99 Å². The average molecular weight is 181 g/mol. The molecule has 0 radical (unpaired) electrons. The van der Waals surface area contributed by atoms with Gasteiger partial charge in [0.2, 0.25) is 0 Å². The number of amidine groups is 1. The van der Waals surface area contributed by atoms with Gasteiger partial charge in [0.25, 0.3) is 0 Å². The maximum atomic E-state index is 5.53. The molecule has 3 N–H and O–H groups in total. The van der Waals surface area contributed by atoms with Crippen molar-refractivity contribution in [1.29, 1.82) is 0 Å². The number of aliphatic imine (C=N–C) groups is 1. The Morgan fingerprint density at radius 3 is 2.46 bits per heavy atom. The number of hydrogen-bond donors (Lipinski definition) is 2. The molecule has 0 unspecified atom stereocenters. The maximum absolute atomic E-state index is 5.53. The zero-order valence-electron chi connectivity index (χ0n) is 8.34. The summed E-state index contributed by atoms with van der Waals surface area (Å²) in [6.45, 7) is 2.28. The van der Waals surface area contributed by atoms with Gasteiger partial charge in [0.1, 0.15) is 5.84 Å². The number of nitrogens with one attached hydrogen (secondary N) is 1. The number of nitrogens with two attached hydrogens (primary N) is 1. The van der Waals surface area contributed by atoms with Gasteiger partial charge >= 0.3 is 0 Å². The van der Waals surface area contributed by atoms with Crippen molar-refractivity contribution in [1.82, 2.24) is 5.43 Å². The Bertz CT molecular complexity index is 212. The van der Waals surface area contributed by atoms with Crippen LogP contribution in [0.25, 0.3) is 0 Å². The minimum Gasteiger partial charge on any atom is -0.312 e. The molecule has 2 fully saturated rings. The largest absolute Gasteiger partial charge is 0.312 e. The minimum atomic E-state index is 0.247. The number of hydrogen-bond acceptors (Lipinski definition) is 2. The third kappa shape index (κ3) is 1.85. The van der Waals surface area contributed by atoms with E-state index in [0.717, 1.165) is 5.84 Å². The Kier molecular flexibility index (Phi) is 2.28. The van der Waals surface area contributed by atoms with E-state index < -0.39 is 0 Å². The first-order valence-corrected chi connectivity index (χ1v) is 5.29. The van der Waals surface area contributed by atoms with Gasteiger partial charge in [-0.15, -0.1) is 0 Å². The average Bonchev–Trinajstić information content (AvgIpc) is 2.84. The molecule has 0 amide bonds. The smallest absolute Gasteiger partial charge is 0.117 e. The van der Waals surface area contributed by atoms with Crippen LogP contribution in [0.2, 0.25) is 0 Å². The molecule has 2 aliphatic rings. The number of hydrazine groups is 1. The first-order valence-electron chi connectivity index (χ1n) is 5.29. The Labute approximate surface area is 79.8 Å². The topological polar surface area (TPSA) is 50.4 Å². The SMILES string of the molecule is CC1(C(=NC2CC2)NN)CCCC1. The summed E-state index contributed by atoms with van der Waals surface area (Å²) in [7, 11) is 0. The third-order valence-electron chi connectivity index (χ3n) is 3.27. The molecule has 0 heterocycles. The molecule has 2 rings (SSSR count). The fourth-order valence-electron chi connectivity index (χ4n) is 2.15. The molecular weight excluding hydrogens is 162 g/mol. The predicted molar refractivity (Wildman–Crippen MR) is 54.4 cm³/mol. The van der Waals surface area contributed by atoms with Crippen molar-refractivity contribution in [2.24, 2.45) is 16.3 Å². The van der Waals surface area contributed by atoms with Crippen LogP contribution in [-0.4, -0.2) is 11.9 Å². The second-order valence-electron chi connectivity index (χ2n) is 4.62. The van der Waals surface area contributed by atoms with Crippen LogP contribution in [0.15, 0.2) is 4.99 Å². The van der Waals surface area contributed by atoms with Crippen LogP contribution in [0.3, 0.4) is 0 Å². The Morgan fingerprint density at radius 2 is 2.00 bits per heavy atom. The Morgan fingerprint density at radius 1 is 1.38 bits per heavy atom. The van der Waals surface area contributed by atoms with E-state index in [1.807, 2.05) is 0 Å². The summed E-state index contributed by atoms with van der Waals surface area (Å²) in [6.07, 6.45) is 7.62. The van der Waals surface area contributed by atoms with Crippen LogP contribution in [0.5, 0.6) is 0 Å². The molecule has 3 nitrogen and oxygen atoms in total. The highest BCUT2D eigenvalue weighted by atomic mass is 15.3. The monoisotopic (exact) mass is 181 g/mol. The highest BCUT2D eigenvalue weighted by Crippen LogP contribution is 2.39. The molecule has 74 valence electrons. The molecule has 2 aliphatic carbocycles. The lowest BCUT2D eigenvalue weighted by atomic mass is 9.87. The fourth-order valence-corrected chi connectivity index (χ4v) is 2.15. The van der Waals surface area contributed by atoms with E-state index in [1.165, 1.54) is 38.5 Å². The second kappa shape index (κ2) is 3.29. The summed E-state index contributed by atoms with van der Waals surface area (Å²) in [5.74, 6) is 6.58. The molecule has 0 aromatic carbocycles. The summed E-state index contributed by atoms with van der Waals surface area (Å²) in [5, 5.41) is 0. The Hall–Kier alpha value is -0.570. The molecule has 0 aliphatic heterocycles. The van der Waals surface area contributed by atoms with Gasteiger partial charge in [-0.05, 0) is 25.7 Å². The van der Waals surface area contributed by atoms with Crippen LogP contribution in [0.1, 0.15) is 45.4 Å². The molecule has 2 saturated carbocycles. The van der Waals surface area contributed by atoms with Gasteiger partial charge in [0, 0.05) is 5.41 Å². The number of nitrogens with zero attached hydrogens (tertiary/aromatic N) is 1. The van der Waals surface area contributed by atoms with Gasteiger partial charge in [-0.25, -0.2) is 5.84 Å². The van der Waals surface area contributed by atoms with E-state index in [0.29, 0.717) is 6.04 Å². The molecule has 0 aromatic rings. The minimum absolute atomic E-state index is 0.247. The lowest BCUT2D eigenvalue weighted by Crippen LogP contribution is -2.41. The number of rotatable bonds is 2. The molecule has 13 heavy (non-hydrogen) atoms. The highest BCUT2D eigenvalue weighted by molar-refractivity contribution is 5.87. The van der Waals surface area contributed by atoms with Crippen LogP contribution in [0.4, 0.5) is 0 Å².